The van der Waals surface area contributed by atoms with Crippen LogP contribution in [0.25, 0.3) is 5.69 Å². The lowest BCUT2D eigenvalue weighted by molar-refractivity contribution is -0.0499. The van der Waals surface area contributed by atoms with Crippen LogP contribution >= 0.6 is 0 Å². The van der Waals surface area contributed by atoms with Gasteiger partial charge in [0, 0.05) is 0 Å². The highest BCUT2D eigenvalue weighted by Gasteiger charge is 2.30. The molecule has 0 aliphatic heterocycles. The Morgan fingerprint density at radius 2 is 1.85 bits per heavy atom. The molecular weight excluding hydrogens is 338 g/mol. The number of aromatic nitrogens is 2. The molecule has 0 bridgehead atoms. The van der Waals surface area contributed by atoms with Crippen LogP contribution in [-0.2, 0) is 11.3 Å². The number of halogens is 2. The topological polar surface area (TPSA) is 36.3 Å². The van der Waals surface area contributed by atoms with Crippen molar-refractivity contribution in [2.45, 2.75) is 70.2 Å². The van der Waals surface area contributed by atoms with E-state index in [0.29, 0.717) is 18.2 Å². The van der Waals surface area contributed by atoms with Gasteiger partial charge in [-0.25, -0.2) is 4.68 Å². The first kappa shape index (κ1) is 17.5. The van der Waals surface area contributed by atoms with E-state index in [-0.39, 0.29) is 11.9 Å². The van der Waals surface area contributed by atoms with Gasteiger partial charge in [0.1, 0.15) is 5.69 Å². The Labute approximate surface area is 152 Å². The van der Waals surface area contributed by atoms with Crippen LogP contribution in [0.15, 0.2) is 30.5 Å². The Balaban J connectivity index is 1.62. The zero-order chi connectivity index (χ0) is 17.9. The molecule has 0 atom stereocenters. The first-order chi connectivity index (χ1) is 12.7. The van der Waals surface area contributed by atoms with Gasteiger partial charge >= 0.3 is 6.61 Å². The predicted molar refractivity (Wildman–Crippen MR) is 93.8 cm³/mol. The van der Waals surface area contributed by atoms with Gasteiger partial charge in [-0.05, 0) is 49.3 Å². The standard InChI is InChI=1S/C20H24F2N2O2/c21-20(22)26-19-9-5-4-8-17(19)24-18(16(12-23-24)14-10-11-14)13-25-15-6-2-1-3-7-15/h4-5,8-9,12,14-15,20H,1-3,6-7,10-11,13H2. The quantitative estimate of drug-likeness (QED) is 0.679. The minimum absolute atomic E-state index is 0.131. The second-order valence-electron chi connectivity index (χ2n) is 7.15. The third kappa shape index (κ3) is 3.90. The fourth-order valence-electron chi connectivity index (χ4n) is 3.73. The third-order valence-electron chi connectivity index (χ3n) is 5.24. The molecule has 140 valence electrons. The first-order valence-corrected chi connectivity index (χ1v) is 9.45. The molecule has 0 saturated heterocycles. The molecule has 0 spiro atoms. The van der Waals surface area contributed by atoms with Gasteiger partial charge in [0.2, 0.25) is 0 Å². The number of nitrogens with zero attached hydrogens (tertiary/aromatic N) is 2. The summed E-state index contributed by atoms with van der Waals surface area (Å²) >= 11 is 0. The van der Waals surface area contributed by atoms with Crippen molar-refractivity contribution in [3.05, 3.63) is 41.7 Å². The van der Waals surface area contributed by atoms with Gasteiger partial charge in [0.05, 0.1) is 24.6 Å². The number of alkyl halides is 2. The highest BCUT2D eigenvalue weighted by Crippen LogP contribution is 2.43. The van der Waals surface area contributed by atoms with Crippen LogP contribution in [0.2, 0.25) is 0 Å². The lowest BCUT2D eigenvalue weighted by atomic mass is 9.98. The summed E-state index contributed by atoms with van der Waals surface area (Å²) in [6.07, 6.45) is 10.3. The Morgan fingerprint density at radius 1 is 1.08 bits per heavy atom. The highest BCUT2D eigenvalue weighted by atomic mass is 19.3. The molecule has 2 aromatic rings. The minimum Gasteiger partial charge on any atom is -0.433 e. The molecule has 1 aromatic carbocycles. The largest absolute Gasteiger partial charge is 0.433 e. The van der Waals surface area contributed by atoms with Gasteiger partial charge in [0.25, 0.3) is 0 Å². The zero-order valence-electron chi connectivity index (χ0n) is 14.7. The molecule has 4 nitrogen and oxygen atoms in total. The summed E-state index contributed by atoms with van der Waals surface area (Å²) in [4.78, 5) is 0. The van der Waals surface area contributed by atoms with E-state index < -0.39 is 6.61 Å². The van der Waals surface area contributed by atoms with E-state index in [4.69, 9.17) is 9.47 Å². The molecule has 1 heterocycles. The molecule has 2 fully saturated rings. The van der Waals surface area contributed by atoms with Gasteiger partial charge in [0.15, 0.2) is 5.75 Å². The van der Waals surface area contributed by atoms with Crippen LogP contribution in [0.1, 0.15) is 62.1 Å². The lowest BCUT2D eigenvalue weighted by Crippen LogP contribution is -2.18. The van der Waals surface area contributed by atoms with E-state index in [1.165, 1.54) is 24.8 Å². The number of hydrogen-bond acceptors (Lipinski definition) is 3. The molecule has 2 aliphatic carbocycles. The molecule has 0 radical (unpaired) electrons. The number of benzene rings is 1. The average molecular weight is 362 g/mol. The summed E-state index contributed by atoms with van der Waals surface area (Å²) < 4.78 is 38.1. The van der Waals surface area contributed by atoms with E-state index in [0.717, 1.165) is 31.4 Å². The van der Waals surface area contributed by atoms with Gasteiger partial charge in [-0.2, -0.15) is 13.9 Å². The third-order valence-corrected chi connectivity index (χ3v) is 5.24. The average Bonchev–Trinajstić information content (AvgIpc) is 3.41. The molecule has 6 heteroatoms. The van der Waals surface area contributed by atoms with Gasteiger partial charge in [-0.1, -0.05) is 31.4 Å². The van der Waals surface area contributed by atoms with Crippen LogP contribution in [-0.4, -0.2) is 22.5 Å². The maximum atomic E-state index is 12.8. The molecule has 26 heavy (non-hydrogen) atoms. The molecule has 1 aromatic heterocycles. The summed E-state index contributed by atoms with van der Waals surface area (Å²) in [6.45, 7) is -2.41. The Kier molecular flexibility index (Phi) is 5.20. The van der Waals surface area contributed by atoms with Gasteiger partial charge in [-0.15, -0.1) is 0 Å². The molecule has 4 rings (SSSR count). The lowest BCUT2D eigenvalue weighted by Gasteiger charge is -2.22. The number of para-hydroxylation sites is 2. The number of rotatable bonds is 7. The summed E-state index contributed by atoms with van der Waals surface area (Å²) in [7, 11) is 0. The number of ether oxygens (including phenoxy) is 2. The summed E-state index contributed by atoms with van der Waals surface area (Å²) in [5.74, 6) is 0.642. The molecule has 0 unspecified atom stereocenters. The molecule has 2 saturated carbocycles. The fourth-order valence-corrected chi connectivity index (χ4v) is 3.73. The van der Waals surface area contributed by atoms with Crippen LogP contribution in [0, 0.1) is 0 Å². The van der Waals surface area contributed by atoms with Crippen molar-refractivity contribution >= 4 is 0 Å². The normalized spacial score (nSPS) is 18.4. The summed E-state index contributed by atoms with van der Waals surface area (Å²) in [6, 6.07) is 6.79. The van der Waals surface area contributed by atoms with Gasteiger partial charge < -0.3 is 9.47 Å². The van der Waals surface area contributed by atoms with Crippen molar-refractivity contribution in [1.82, 2.24) is 9.78 Å². The maximum absolute atomic E-state index is 12.8. The van der Waals surface area contributed by atoms with Crippen molar-refractivity contribution in [2.24, 2.45) is 0 Å². The van der Waals surface area contributed by atoms with Crippen LogP contribution in [0.3, 0.4) is 0 Å². The number of hydrogen-bond donors (Lipinski definition) is 0. The molecule has 2 aliphatic rings. The van der Waals surface area contributed by atoms with E-state index in [2.05, 4.69) is 5.10 Å². The smallest absolute Gasteiger partial charge is 0.387 e. The monoisotopic (exact) mass is 362 g/mol. The summed E-state index contributed by atoms with van der Waals surface area (Å²) in [5.41, 5.74) is 2.66. The first-order valence-electron chi connectivity index (χ1n) is 9.45. The van der Waals surface area contributed by atoms with Gasteiger partial charge in [-0.3, -0.25) is 0 Å². The Morgan fingerprint density at radius 3 is 2.58 bits per heavy atom. The van der Waals surface area contributed by atoms with E-state index in [1.54, 1.807) is 28.9 Å². The van der Waals surface area contributed by atoms with Crippen molar-refractivity contribution in [3.63, 3.8) is 0 Å². The maximum Gasteiger partial charge on any atom is 0.387 e. The predicted octanol–water partition coefficient (Wildman–Crippen LogP) is 5.20. The minimum atomic E-state index is -2.86. The van der Waals surface area contributed by atoms with Crippen molar-refractivity contribution in [3.8, 4) is 11.4 Å². The fraction of sp³-hybridized carbons (Fsp3) is 0.550. The highest BCUT2D eigenvalue weighted by molar-refractivity contribution is 5.48. The Bertz CT molecular complexity index is 737. The molecular formula is C20H24F2N2O2. The molecule has 0 amide bonds. The SMILES string of the molecule is FC(F)Oc1ccccc1-n1ncc(C2CC2)c1COC1CCCCC1. The van der Waals surface area contributed by atoms with E-state index in [1.807, 2.05) is 6.20 Å². The molecule has 0 N–H and O–H groups in total. The van der Waals surface area contributed by atoms with E-state index >= 15 is 0 Å². The van der Waals surface area contributed by atoms with Crippen molar-refractivity contribution < 1.29 is 18.3 Å². The second-order valence-corrected chi connectivity index (χ2v) is 7.15. The Hall–Kier alpha value is -1.95. The summed E-state index contributed by atoms with van der Waals surface area (Å²) in [5, 5.41) is 4.49. The van der Waals surface area contributed by atoms with Crippen LogP contribution in [0.4, 0.5) is 8.78 Å². The second kappa shape index (κ2) is 7.74. The zero-order valence-corrected chi connectivity index (χ0v) is 14.7. The van der Waals surface area contributed by atoms with Crippen molar-refractivity contribution in [2.75, 3.05) is 0 Å². The van der Waals surface area contributed by atoms with Crippen molar-refractivity contribution in [1.29, 1.82) is 0 Å². The van der Waals surface area contributed by atoms with E-state index in [9.17, 15) is 8.78 Å². The van der Waals surface area contributed by atoms with Crippen LogP contribution in [0.5, 0.6) is 5.75 Å². The van der Waals surface area contributed by atoms with Crippen LogP contribution < -0.4 is 4.74 Å².